The minimum Gasteiger partial charge on any atom is -0.488 e. The first kappa shape index (κ1) is 11.2. The minimum atomic E-state index is 0.477. The monoisotopic (exact) mass is 220 g/mol. The molecule has 0 unspecified atom stereocenters. The highest BCUT2D eigenvalue weighted by molar-refractivity contribution is 5.65. The van der Waals surface area contributed by atoms with Gasteiger partial charge in [-0.25, -0.2) is 0 Å². The molecule has 0 amide bonds. The van der Waals surface area contributed by atoms with Crippen LogP contribution in [0.25, 0.3) is 0 Å². The summed E-state index contributed by atoms with van der Waals surface area (Å²) in [7, 11) is 0. The van der Waals surface area contributed by atoms with Gasteiger partial charge in [0.1, 0.15) is 6.61 Å². The summed E-state index contributed by atoms with van der Waals surface area (Å²) in [6.45, 7) is 10.6. The molecule has 0 fully saturated rings. The van der Waals surface area contributed by atoms with Gasteiger partial charge >= 0.3 is 0 Å². The van der Waals surface area contributed by atoms with Crippen molar-refractivity contribution in [1.29, 1.82) is 0 Å². The van der Waals surface area contributed by atoms with E-state index in [1.807, 2.05) is 12.4 Å². The predicted molar refractivity (Wildman–Crippen MR) is 66.3 cm³/mol. The maximum absolute atomic E-state index is 5.69. The Hall–Kier alpha value is -1.25. The van der Waals surface area contributed by atoms with Crippen LogP contribution in [0.5, 0.6) is 5.75 Å². The number of anilines is 1. The fourth-order valence-corrected chi connectivity index (χ4v) is 2.17. The normalized spacial score (nSPS) is 15.2. The molecule has 0 radical (unpaired) electrons. The Morgan fingerprint density at radius 3 is 2.62 bits per heavy atom. The third-order valence-corrected chi connectivity index (χ3v) is 3.03. The van der Waals surface area contributed by atoms with E-state index >= 15 is 0 Å². The molecule has 0 saturated heterocycles. The Morgan fingerprint density at radius 2 is 2.00 bits per heavy atom. The molecule has 1 aliphatic rings. The van der Waals surface area contributed by atoms with Crippen LogP contribution < -0.4 is 9.64 Å². The smallest absolute Gasteiger partial charge is 0.161 e. The molecule has 88 valence electrons. The largest absolute Gasteiger partial charge is 0.488 e. The molecule has 1 aromatic heterocycles. The van der Waals surface area contributed by atoms with Crippen molar-refractivity contribution in [3.63, 3.8) is 0 Å². The average Bonchev–Trinajstić information content (AvgIpc) is 2.27. The number of aromatic nitrogens is 1. The lowest BCUT2D eigenvalue weighted by atomic mass is 10.0. The van der Waals surface area contributed by atoms with Crippen LogP contribution in [0.2, 0.25) is 0 Å². The lowest BCUT2D eigenvalue weighted by Crippen LogP contribution is -2.38. The molecule has 3 nitrogen and oxygen atoms in total. The van der Waals surface area contributed by atoms with Gasteiger partial charge in [0.2, 0.25) is 0 Å². The van der Waals surface area contributed by atoms with E-state index in [0.717, 1.165) is 18.9 Å². The van der Waals surface area contributed by atoms with Gasteiger partial charge in [0.25, 0.3) is 0 Å². The van der Waals surface area contributed by atoms with Gasteiger partial charge < -0.3 is 9.64 Å². The van der Waals surface area contributed by atoms with Gasteiger partial charge in [-0.2, -0.15) is 0 Å². The Bertz CT molecular complexity index is 374. The summed E-state index contributed by atoms with van der Waals surface area (Å²) in [5.74, 6) is 1.41. The fourth-order valence-electron chi connectivity index (χ4n) is 2.17. The van der Waals surface area contributed by atoms with Gasteiger partial charge in [-0.3, -0.25) is 4.98 Å². The van der Waals surface area contributed by atoms with Crippen molar-refractivity contribution in [1.82, 2.24) is 4.98 Å². The minimum absolute atomic E-state index is 0.477. The van der Waals surface area contributed by atoms with Gasteiger partial charge in [-0.15, -0.1) is 0 Å². The number of fused-ring (bicyclic) bond motifs is 1. The van der Waals surface area contributed by atoms with Crippen molar-refractivity contribution in [2.45, 2.75) is 39.7 Å². The Kier molecular flexibility index (Phi) is 3.03. The zero-order chi connectivity index (χ0) is 11.7. The van der Waals surface area contributed by atoms with Gasteiger partial charge in [0.05, 0.1) is 18.4 Å². The van der Waals surface area contributed by atoms with E-state index in [9.17, 15) is 0 Å². The first-order valence-corrected chi connectivity index (χ1v) is 5.98. The summed E-state index contributed by atoms with van der Waals surface area (Å²) in [4.78, 5) is 6.67. The van der Waals surface area contributed by atoms with Crippen LogP contribution in [0.4, 0.5) is 5.69 Å². The molecule has 3 heteroatoms. The van der Waals surface area contributed by atoms with Crippen LogP contribution in [0.15, 0.2) is 12.4 Å². The maximum Gasteiger partial charge on any atom is 0.161 e. The highest BCUT2D eigenvalue weighted by Crippen LogP contribution is 2.38. The molecule has 0 spiro atoms. The zero-order valence-corrected chi connectivity index (χ0v) is 10.5. The SMILES string of the molecule is CC(C)c1cncc2c1N(C(C)C)CCO2. The second kappa shape index (κ2) is 4.32. The van der Waals surface area contributed by atoms with Crippen LogP contribution in [-0.4, -0.2) is 24.2 Å². The lowest BCUT2D eigenvalue weighted by Gasteiger charge is -2.36. The first-order chi connectivity index (χ1) is 7.61. The Balaban J connectivity index is 2.51. The van der Waals surface area contributed by atoms with Gasteiger partial charge in [-0.1, -0.05) is 13.8 Å². The highest BCUT2D eigenvalue weighted by atomic mass is 16.5. The average molecular weight is 220 g/mol. The van der Waals surface area contributed by atoms with E-state index in [2.05, 4.69) is 37.6 Å². The highest BCUT2D eigenvalue weighted by Gasteiger charge is 2.24. The van der Waals surface area contributed by atoms with Crippen molar-refractivity contribution in [3.05, 3.63) is 18.0 Å². The zero-order valence-electron chi connectivity index (χ0n) is 10.5. The van der Waals surface area contributed by atoms with Crippen molar-refractivity contribution in [2.24, 2.45) is 0 Å². The lowest BCUT2D eigenvalue weighted by molar-refractivity contribution is 0.300. The molecule has 0 aromatic carbocycles. The predicted octanol–water partition coefficient (Wildman–Crippen LogP) is 2.81. The quantitative estimate of drug-likeness (QED) is 0.766. The number of hydrogen-bond acceptors (Lipinski definition) is 3. The van der Waals surface area contributed by atoms with Crippen LogP contribution in [0.3, 0.4) is 0 Å². The molecule has 1 aromatic rings. The number of ether oxygens (including phenoxy) is 1. The van der Waals surface area contributed by atoms with Crippen LogP contribution in [0, 0.1) is 0 Å². The van der Waals surface area contributed by atoms with E-state index in [1.54, 1.807) is 0 Å². The van der Waals surface area contributed by atoms with Crippen molar-refractivity contribution in [2.75, 3.05) is 18.1 Å². The molecular weight excluding hydrogens is 200 g/mol. The summed E-state index contributed by atoms with van der Waals surface area (Å²) >= 11 is 0. The maximum atomic E-state index is 5.69. The van der Waals surface area contributed by atoms with Crippen LogP contribution >= 0.6 is 0 Å². The topological polar surface area (TPSA) is 25.4 Å². The summed E-state index contributed by atoms with van der Waals surface area (Å²) in [6.07, 6.45) is 3.79. The number of nitrogens with zero attached hydrogens (tertiary/aromatic N) is 2. The van der Waals surface area contributed by atoms with Gasteiger partial charge in [0, 0.05) is 17.8 Å². The third-order valence-electron chi connectivity index (χ3n) is 3.03. The molecule has 2 heterocycles. The van der Waals surface area contributed by atoms with E-state index in [0.29, 0.717) is 12.0 Å². The van der Waals surface area contributed by atoms with Crippen molar-refractivity contribution >= 4 is 5.69 Å². The Morgan fingerprint density at radius 1 is 1.25 bits per heavy atom. The summed E-state index contributed by atoms with van der Waals surface area (Å²) in [5.41, 5.74) is 2.53. The Labute approximate surface area is 97.4 Å². The summed E-state index contributed by atoms with van der Waals surface area (Å²) in [6, 6.07) is 0.502. The molecule has 0 saturated carbocycles. The molecule has 0 N–H and O–H groups in total. The molecular formula is C13H20N2O. The standard InChI is InChI=1S/C13H20N2O/c1-9(2)11-7-14-8-12-13(11)15(10(3)4)5-6-16-12/h7-10H,5-6H2,1-4H3. The number of rotatable bonds is 2. The van der Waals surface area contributed by atoms with Gasteiger partial charge in [-0.05, 0) is 19.8 Å². The molecule has 16 heavy (non-hydrogen) atoms. The van der Waals surface area contributed by atoms with E-state index < -0.39 is 0 Å². The second-order valence-electron chi connectivity index (χ2n) is 4.87. The van der Waals surface area contributed by atoms with Crippen LogP contribution in [0.1, 0.15) is 39.2 Å². The number of hydrogen-bond donors (Lipinski definition) is 0. The van der Waals surface area contributed by atoms with Crippen LogP contribution in [-0.2, 0) is 0 Å². The van der Waals surface area contributed by atoms with E-state index in [4.69, 9.17) is 4.74 Å². The molecule has 2 rings (SSSR count). The van der Waals surface area contributed by atoms with Gasteiger partial charge in [0.15, 0.2) is 5.75 Å². The number of pyridine rings is 1. The molecule has 1 aliphatic heterocycles. The van der Waals surface area contributed by atoms with Crippen molar-refractivity contribution in [3.8, 4) is 5.75 Å². The fraction of sp³-hybridized carbons (Fsp3) is 0.615. The molecule has 0 atom stereocenters. The first-order valence-electron chi connectivity index (χ1n) is 5.98. The summed E-state index contributed by atoms with van der Waals surface area (Å²) in [5, 5.41) is 0. The second-order valence-corrected chi connectivity index (χ2v) is 4.87. The van der Waals surface area contributed by atoms with E-state index in [-0.39, 0.29) is 0 Å². The summed E-state index contributed by atoms with van der Waals surface area (Å²) < 4.78 is 5.69. The van der Waals surface area contributed by atoms with Crippen molar-refractivity contribution < 1.29 is 4.74 Å². The van der Waals surface area contributed by atoms with E-state index in [1.165, 1.54) is 11.3 Å². The molecule has 0 aliphatic carbocycles. The molecule has 0 bridgehead atoms. The third kappa shape index (κ3) is 1.86.